The van der Waals surface area contributed by atoms with Crippen LogP contribution >= 0.6 is 23.7 Å². The molecule has 1 aromatic carbocycles. The summed E-state index contributed by atoms with van der Waals surface area (Å²) in [5.74, 6) is -0.102. The number of hydrogen-bond acceptors (Lipinski definition) is 5. The SMILES string of the molecule is COCCNCC(=O)Nc1nc(-c2ccccc2)cs1.Cl. The quantitative estimate of drug-likeness (QED) is 0.767. The number of carbonyl (C=O) groups is 1. The van der Waals surface area contributed by atoms with Crippen molar-refractivity contribution in [2.75, 3.05) is 32.1 Å². The maximum Gasteiger partial charge on any atom is 0.240 e. The van der Waals surface area contributed by atoms with E-state index in [0.29, 0.717) is 18.3 Å². The number of hydrogen-bond donors (Lipinski definition) is 2. The van der Waals surface area contributed by atoms with Crippen LogP contribution in [0.4, 0.5) is 5.13 Å². The lowest BCUT2D eigenvalue weighted by atomic mass is 10.2. The van der Waals surface area contributed by atoms with Gasteiger partial charge in [-0.3, -0.25) is 4.79 Å². The van der Waals surface area contributed by atoms with Gasteiger partial charge in [0.1, 0.15) is 0 Å². The zero-order valence-electron chi connectivity index (χ0n) is 11.7. The number of halogens is 1. The Bertz CT molecular complexity index is 548. The van der Waals surface area contributed by atoms with Crippen molar-refractivity contribution in [2.24, 2.45) is 0 Å². The molecule has 2 rings (SSSR count). The van der Waals surface area contributed by atoms with Gasteiger partial charge in [-0.25, -0.2) is 4.98 Å². The minimum Gasteiger partial charge on any atom is -0.383 e. The number of thiazole rings is 1. The lowest BCUT2D eigenvalue weighted by Gasteiger charge is -2.03. The molecule has 0 spiro atoms. The smallest absolute Gasteiger partial charge is 0.240 e. The maximum atomic E-state index is 11.7. The van der Waals surface area contributed by atoms with Crippen molar-refractivity contribution in [3.05, 3.63) is 35.7 Å². The second-order valence-electron chi connectivity index (χ2n) is 4.12. The highest BCUT2D eigenvalue weighted by Gasteiger charge is 2.07. The van der Waals surface area contributed by atoms with Crippen molar-refractivity contribution in [3.8, 4) is 11.3 Å². The van der Waals surface area contributed by atoms with E-state index in [0.717, 1.165) is 11.3 Å². The molecule has 0 unspecified atom stereocenters. The Morgan fingerprint density at radius 2 is 2.10 bits per heavy atom. The Balaban J connectivity index is 0.00000220. The summed E-state index contributed by atoms with van der Waals surface area (Å²) < 4.78 is 4.89. The Morgan fingerprint density at radius 1 is 1.33 bits per heavy atom. The zero-order valence-corrected chi connectivity index (χ0v) is 13.3. The average Bonchev–Trinajstić information content (AvgIpc) is 2.93. The molecule has 7 heteroatoms. The summed E-state index contributed by atoms with van der Waals surface area (Å²) >= 11 is 1.42. The van der Waals surface area contributed by atoms with Gasteiger partial charge < -0.3 is 15.4 Å². The van der Waals surface area contributed by atoms with Crippen LogP contribution in [-0.4, -0.2) is 37.7 Å². The number of benzene rings is 1. The number of nitrogens with one attached hydrogen (secondary N) is 2. The van der Waals surface area contributed by atoms with Crippen LogP contribution in [0.25, 0.3) is 11.3 Å². The van der Waals surface area contributed by atoms with Crippen LogP contribution in [0, 0.1) is 0 Å². The van der Waals surface area contributed by atoms with Gasteiger partial charge in [0.05, 0.1) is 18.8 Å². The van der Waals surface area contributed by atoms with E-state index in [1.807, 2.05) is 35.7 Å². The lowest BCUT2D eigenvalue weighted by Crippen LogP contribution is -2.30. The molecule has 0 radical (unpaired) electrons. The minimum atomic E-state index is -0.102. The molecule has 21 heavy (non-hydrogen) atoms. The number of nitrogens with zero attached hydrogens (tertiary/aromatic N) is 1. The molecule has 2 aromatic rings. The highest BCUT2D eigenvalue weighted by atomic mass is 35.5. The number of ether oxygens (including phenoxy) is 1. The van der Waals surface area contributed by atoms with E-state index >= 15 is 0 Å². The van der Waals surface area contributed by atoms with E-state index in [2.05, 4.69) is 15.6 Å². The second-order valence-corrected chi connectivity index (χ2v) is 4.98. The Labute approximate surface area is 134 Å². The summed E-state index contributed by atoms with van der Waals surface area (Å²) in [7, 11) is 1.63. The van der Waals surface area contributed by atoms with Crippen LogP contribution in [0.1, 0.15) is 0 Å². The van der Waals surface area contributed by atoms with Crippen LogP contribution in [0.5, 0.6) is 0 Å². The molecule has 114 valence electrons. The van der Waals surface area contributed by atoms with Crippen LogP contribution in [0.2, 0.25) is 0 Å². The van der Waals surface area contributed by atoms with Gasteiger partial charge >= 0.3 is 0 Å². The van der Waals surface area contributed by atoms with Crippen LogP contribution in [-0.2, 0) is 9.53 Å². The van der Waals surface area contributed by atoms with E-state index < -0.39 is 0 Å². The topological polar surface area (TPSA) is 63.2 Å². The predicted molar refractivity (Wildman–Crippen MR) is 88.2 cm³/mol. The average molecular weight is 328 g/mol. The van der Waals surface area contributed by atoms with Crippen LogP contribution in [0.3, 0.4) is 0 Å². The Kier molecular flexibility index (Phi) is 7.92. The Hall–Kier alpha value is -1.47. The zero-order chi connectivity index (χ0) is 14.2. The first-order chi connectivity index (χ1) is 9.79. The van der Waals surface area contributed by atoms with Gasteiger partial charge in [-0.2, -0.15) is 0 Å². The van der Waals surface area contributed by atoms with E-state index in [1.54, 1.807) is 7.11 Å². The molecular formula is C14H18ClN3O2S. The molecule has 0 saturated carbocycles. The van der Waals surface area contributed by atoms with Crippen LogP contribution < -0.4 is 10.6 Å². The van der Waals surface area contributed by atoms with Gasteiger partial charge in [-0.1, -0.05) is 30.3 Å². The molecular weight excluding hydrogens is 310 g/mol. The standard InChI is InChI=1S/C14H17N3O2S.ClH/c1-19-8-7-15-9-13(18)17-14-16-12(10-20-14)11-5-3-2-4-6-11;/h2-6,10,15H,7-9H2,1H3,(H,16,17,18);1H. The molecule has 2 N–H and O–H groups in total. The van der Waals surface area contributed by atoms with E-state index in [4.69, 9.17) is 4.74 Å². The predicted octanol–water partition coefficient (Wildman–Crippen LogP) is 2.41. The third-order valence-electron chi connectivity index (χ3n) is 2.59. The fraction of sp³-hybridized carbons (Fsp3) is 0.286. The van der Waals surface area contributed by atoms with Crippen molar-refractivity contribution < 1.29 is 9.53 Å². The molecule has 0 aliphatic rings. The Morgan fingerprint density at radius 3 is 2.81 bits per heavy atom. The highest BCUT2D eigenvalue weighted by Crippen LogP contribution is 2.24. The normalized spacial score (nSPS) is 9.95. The van der Waals surface area contributed by atoms with Crippen molar-refractivity contribution >= 4 is 34.8 Å². The van der Waals surface area contributed by atoms with Gasteiger partial charge in [-0.15, -0.1) is 23.7 Å². The molecule has 1 aromatic heterocycles. The molecule has 0 aliphatic heterocycles. The maximum absolute atomic E-state index is 11.7. The van der Waals surface area contributed by atoms with Gasteiger partial charge in [0.2, 0.25) is 5.91 Å². The van der Waals surface area contributed by atoms with Gasteiger partial charge in [0.15, 0.2) is 5.13 Å². The summed E-state index contributed by atoms with van der Waals surface area (Å²) in [6.07, 6.45) is 0. The third kappa shape index (κ3) is 5.81. The number of aromatic nitrogens is 1. The first-order valence-corrected chi connectivity index (χ1v) is 7.18. The van der Waals surface area contributed by atoms with Crippen molar-refractivity contribution in [1.82, 2.24) is 10.3 Å². The second kappa shape index (κ2) is 9.46. The van der Waals surface area contributed by atoms with Crippen LogP contribution in [0.15, 0.2) is 35.7 Å². The number of carbonyl (C=O) groups excluding carboxylic acids is 1. The summed E-state index contributed by atoms with van der Waals surface area (Å²) in [6.45, 7) is 1.49. The van der Waals surface area contributed by atoms with Gasteiger partial charge in [0.25, 0.3) is 0 Å². The summed E-state index contributed by atoms with van der Waals surface area (Å²) in [5.41, 5.74) is 1.92. The van der Waals surface area contributed by atoms with Crippen molar-refractivity contribution in [1.29, 1.82) is 0 Å². The molecule has 1 amide bonds. The molecule has 0 atom stereocenters. The first kappa shape index (κ1) is 17.6. The molecule has 0 bridgehead atoms. The first-order valence-electron chi connectivity index (χ1n) is 6.30. The molecule has 0 aliphatic carbocycles. The third-order valence-corrected chi connectivity index (χ3v) is 3.35. The van der Waals surface area contributed by atoms with Crippen molar-refractivity contribution in [2.45, 2.75) is 0 Å². The summed E-state index contributed by atoms with van der Waals surface area (Å²) in [5, 5.41) is 8.31. The van der Waals surface area contributed by atoms with E-state index in [9.17, 15) is 4.79 Å². The van der Waals surface area contributed by atoms with E-state index in [-0.39, 0.29) is 24.9 Å². The van der Waals surface area contributed by atoms with Gasteiger partial charge in [-0.05, 0) is 0 Å². The fourth-order valence-corrected chi connectivity index (χ4v) is 2.35. The van der Waals surface area contributed by atoms with E-state index in [1.165, 1.54) is 11.3 Å². The number of methoxy groups -OCH3 is 1. The molecule has 5 nitrogen and oxygen atoms in total. The van der Waals surface area contributed by atoms with Gasteiger partial charge in [0, 0.05) is 24.6 Å². The summed E-state index contributed by atoms with van der Waals surface area (Å²) in [4.78, 5) is 16.1. The van der Waals surface area contributed by atoms with Crippen molar-refractivity contribution in [3.63, 3.8) is 0 Å². The monoisotopic (exact) mass is 327 g/mol. The molecule has 0 fully saturated rings. The highest BCUT2D eigenvalue weighted by molar-refractivity contribution is 7.14. The lowest BCUT2D eigenvalue weighted by molar-refractivity contribution is -0.115. The summed E-state index contributed by atoms with van der Waals surface area (Å²) in [6, 6.07) is 9.88. The fourth-order valence-electron chi connectivity index (χ4n) is 1.61. The number of amides is 1. The molecule has 0 saturated heterocycles. The largest absolute Gasteiger partial charge is 0.383 e. The minimum absolute atomic E-state index is 0. The molecule has 1 heterocycles. The number of anilines is 1. The number of rotatable bonds is 7.